The molecule has 0 bridgehead atoms. The third-order valence-electron chi connectivity index (χ3n) is 12.7. The summed E-state index contributed by atoms with van der Waals surface area (Å²) in [5.74, 6) is 0. The Balaban J connectivity index is 1.21. The molecule has 0 N–H and O–H groups in total. The molecule has 0 unspecified atom stereocenters. The number of aromatic nitrogens is 2. The highest BCUT2D eigenvalue weighted by Crippen LogP contribution is 2.48. The van der Waals surface area contributed by atoms with Crippen molar-refractivity contribution in [3.8, 4) is 62.0 Å². The molecule has 68 heavy (non-hydrogen) atoms. The van der Waals surface area contributed by atoms with Gasteiger partial charge < -0.3 is 9.13 Å². The Morgan fingerprint density at radius 1 is 0.426 bits per heavy atom. The van der Waals surface area contributed by atoms with E-state index in [-0.39, 0.29) is 5.69 Å². The number of rotatable bonds is 6. The summed E-state index contributed by atoms with van der Waals surface area (Å²) in [6.45, 7) is 24.1. The molecule has 9 aromatic carbocycles. The van der Waals surface area contributed by atoms with E-state index in [4.69, 9.17) is 19.7 Å². The fraction of sp³-hybridized carbons (Fsp3) is 0.0169. The van der Waals surface area contributed by atoms with Crippen LogP contribution in [0.15, 0.2) is 188 Å². The Morgan fingerprint density at radius 3 is 1.54 bits per heavy atom. The van der Waals surface area contributed by atoms with Crippen LogP contribution in [0.3, 0.4) is 0 Å². The Hall–Kier alpha value is -9.67. The summed E-state index contributed by atoms with van der Waals surface area (Å²) in [4.78, 5) is 11.3. The van der Waals surface area contributed by atoms with E-state index in [0.717, 1.165) is 78.0 Å². The highest BCUT2D eigenvalue weighted by Gasteiger charge is 2.31. The summed E-state index contributed by atoms with van der Waals surface area (Å²) < 4.78 is 46.3. The van der Waals surface area contributed by atoms with Crippen molar-refractivity contribution >= 4 is 60.7 Å². The summed E-state index contributed by atoms with van der Waals surface area (Å²) >= 11 is 0. The lowest BCUT2D eigenvalue weighted by molar-refractivity contribution is -0.137. The number of benzene rings is 9. The predicted octanol–water partition coefficient (Wildman–Crippen LogP) is 17.1. The Kier molecular flexibility index (Phi) is 9.72. The molecule has 11 rings (SSSR count). The van der Waals surface area contributed by atoms with Gasteiger partial charge in [-0.2, -0.15) is 18.4 Å². The van der Waals surface area contributed by atoms with Gasteiger partial charge in [0.05, 0.1) is 59.1 Å². The van der Waals surface area contributed by atoms with Gasteiger partial charge in [0.25, 0.3) is 0 Å². The average molecular weight is 881 g/mol. The van der Waals surface area contributed by atoms with Crippen LogP contribution in [0.2, 0.25) is 0 Å². The zero-order valence-electron chi connectivity index (χ0n) is 35.7. The van der Waals surface area contributed by atoms with Gasteiger partial charge in [0.15, 0.2) is 17.1 Å². The van der Waals surface area contributed by atoms with Crippen LogP contribution < -0.4 is 0 Å². The van der Waals surface area contributed by atoms with E-state index in [1.165, 1.54) is 6.07 Å². The first kappa shape index (κ1) is 41.1. The summed E-state index contributed by atoms with van der Waals surface area (Å²) in [7, 11) is 0. The number of nitriles is 1. The van der Waals surface area contributed by atoms with Crippen molar-refractivity contribution in [1.82, 2.24) is 9.13 Å². The predicted molar refractivity (Wildman–Crippen MR) is 265 cm³/mol. The highest BCUT2D eigenvalue weighted by atomic mass is 19.4. The van der Waals surface area contributed by atoms with Crippen LogP contribution in [0.4, 0.5) is 30.2 Å². The summed E-state index contributed by atoms with van der Waals surface area (Å²) in [6.07, 6.45) is -4.64. The van der Waals surface area contributed by atoms with Crippen LogP contribution in [-0.4, -0.2) is 9.13 Å². The molecule has 9 heteroatoms. The number of para-hydroxylation sites is 2. The van der Waals surface area contributed by atoms with Gasteiger partial charge in [-0.05, 0) is 112 Å². The topological polar surface area (TPSA) is 46.7 Å². The van der Waals surface area contributed by atoms with E-state index >= 15 is 0 Å². The Labute approximate surface area is 388 Å². The highest BCUT2D eigenvalue weighted by molar-refractivity contribution is 6.13. The van der Waals surface area contributed by atoms with Crippen molar-refractivity contribution in [2.45, 2.75) is 6.18 Å². The molecule has 0 saturated heterocycles. The van der Waals surface area contributed by atoms with E-state index in [1.54, 1.807) is 30.3 Å². The minimum atomic E-state index is -4.64. The normalized spacial score (nSPS) is 11.4. The van der Waals surface area contributed by atoms with Gasteiger partial charge in [-0.3, -0.25) is 0 Å². The lowest BCUT2D eigenvalue weighted by Gasteiger charge is -2.21. The van der Waals surface area contributed by atoms with Crippen LogP contribution in [0, 0.1) is 31.0 Å². The molecule has 2 aromatic heterocycles. The summed E-state index contributed by atoms with van der Waals surface area (Å²) in [5.41, 5.74) is 11.3. The first-order valence-corrected chi connectivity index (χ1v) is 21.5. The molecule has 0 aliphatic rings. The average Bonchev–Trinajstić information content (AvgIpc) is 3.89. The third-order valence-corrected chi connectivity index (χ3v) is 12.7. The molecule has 0 radical (unpaired) electrons. The Bertz CT molecular complexity index is 4050. The smallest absolute Gasteiger partial charge is 0.310 e. The van der Waals surface area contributed by atoms with Crippen molar-refractivity contribution in [2.75, 3.05) is 0 Å². The number of fused-ring (bicyclic) bond motifs is 6. The van der Waals surface area contributed by atoms with Crippen molar-refractivity contribution in [1.29, 1.82) is 5.26 Å². The first-order chi connectivity index (χ1) is 33.2. The van der Waals surface area contributed by atoms with Gasteiger partial charge in [-0.15, -0.1) is 0 Å². The fourth-order valence-corrected chi connectivity index (χ4v) is 9.52. The molecule has 0 saturated carbocycles. The number of hydrogen-bond donors (Lipinski definition) is 0. The zero-order valence-corrected chi connectivity index (χ0v) is 35.7. The lowest BCUT2D eigenvalue weighted by atomic mass is 9.93. The summed E-state index contributed by atoms with van der Waals surface area (Å²) in [5, 5.41) is 13.4. The molecule has 0 aliphatic heterocycles. The second-order valence-corrected chi connectivity index (χ2v) is 16.4. The zero-order chi connectivity index (χ0) is 46.7. The van der Waals surface area contributed by atoms with Crippen molar-refractivity contribution < 1.29 is 13.2 Å². The number of hydrogen-bond acceptors (Lipinski definition) is 1. The lowest BCUT2D eigenvalue weighted by Crippen LogP contribution is -2.04. The van der Waals surface area contributed by atoms with Gasteiger partial charge in [-0.25, -0.2) is 14.5 Å². The quantitative estimate of drug-likeness (QED) is 0.154. The largest absolute Gasteiger partial charge is 0.415 e. The number of nitrogens with zero attached hydrogens (tertiary/aromatic N) is 6. The molecule has 0 aliphatic carbocycles. The molecule has 0 atom stereocenters. The molecule has 2 heterocycles. The van der Waals surface area contributed by atoms with E-state index in [9.17, 15) is 18.4 Å². The SMILES string of the molecule is [C-]#[N+]c1ccc(-c2ccc3c(c2)c2ccccc2n3-c2ccc(-c3ccc(C(F)(F)F)cc3[N+]#[C-])cc2-c2c([N+]#[C-])cccc2-n2c3ccccc3c3cc(-c4ccc(C#N)cc4)ccc32)cc1. The third kappa shape index (κ3) is 6.71. The maximum absolute atomic E-state index is 14.0. The second kappa shape index (κ2) is 16.1. The number of alkyl halides is 3. The van der Waals surface area contributed by atoms with Crippen molar-refractivity contribution in [3.63, 3.8) is 0 Å². The van der Waals surface area contributed by atoms with Crippen molar-refractivity contribution in [3.05, 3.63) is 233 Å². The fourth-order valence-electron chi connectivity index (χ4n) is 9.52. The van der Waals surface area contributed by atoms with E-state index in [1.807, 2.05) is 103 Å². The molecule has 0 spiro atoms. The molecule has 0 amide bonds. The van der Waals surface area contributed by atoms with Gasteiger partial charge in [0.1, 0.15) is 0 Å². The minimum absolute atomic E-state index is 0.147. The van der Waals surface area contributed by atoms with Crippen LogP contribution in [0.5, 0.6) is 0 Å². The van der Waals surface area contributed by atoms with Crippen LogP contribution in [0.1, 0.15) is 11.1 Å². The van der Waals surface area contributed by atoms with Crippen LogP contribution in [0.25, 0.3) is 114 Å². The molecule has 0 fully saturated rings. The minimum Gasteiger partial charge on any atom is -0.310 e. The van der Waals surface area contributed by atoms with Gasteiger partial charge in [0.2, 0.25) is 0 Å². The van der Waals surface area contributed by atoms with Gasteiger partial charge in [-0.1, -0.05) is 115 Å². The molecule has 6 nitrogen and oxygen atoms in total. The maximum Gasteiger partial charge on any atom is 0.415 e. The molecular weight excluding hydrogens is 850 g/mol. The first-order valence-electron chi connectivity index (χ1n) is 21.5. The van der Waals surface area contributed by atoms with Crippen LogP contribution >= 0.6 is 0 Å². The standard InChI is InChI=1S/C59H31F3N6/c1-64-43-25-19-38(20-26-43)40-21-28-54-47(32-40)45-9-4-6-12-52(45)67(54)56-30-23-41(44-27-24-42(59(60,61)62)34-51(44)66-3)33-49(56)58-50(65-2)11-8-14-57(58)68-53-13-7-5-10-46(53)48-31-39(22-29-55(48)68)37-17-15-36(35-63)16-18-37/h4-34H. The van der Waals surface area contributed by atoms with Gasteiger partial charge in [0, 0.05) is 38.4 Å². The van der Waals surface area contributed by atoms with E-state index in [0.29, 0.717) is 50.6 Å². The molecular formula is C59H31F3N6. The van der Waals surface area contributed by atoms with E-state index in [2.05, 4.69) is 66.1 Å². The second-order valence-electron chi connectivity index (χ2n) is 16.4. The molecule has 318 valence electrons. The monoisotopic (exact) mass is 880 g/mol. The maximum atomic E-state index is 14.0. The van der Waals surface area contributed by atoms with Crippen molar-refractivity contribution in [2.24, 2.45) is 0 Å². The van der Waals surface area contributed by atoms with Crippen LogP contribution in [-0.2, 0) is 6.18 Å². The Morgan fingerprint density at radius 2 is 0.971 bits per heavy atom. The summed E-state index contributed by atoms with van der Waals surface area (Å²) in [6, 6.07) is 60.3. The van der Waals surface area contributed by atoms with E-state index < -0.39 is 11.7 Å². The van der Waals surface area contributed by atoms with Gasteiger partial charge >= 0.3 is 6.18 Å². The molecule has 11 aromatic rings. The number of halogens is 3.